The lowest BCUT2D eigenvalue weighted by atomic mass is 10.0. The number of aromatic nitrogens is 1. The van der Waals surface area contributed by atoms with Gasteiger partial charge in [0.1, 0.15) is 0 Å². The zero-order chi connectivity index (χ0) is 18.1. The third-order valence-electron chi connectivity index (χ3n) is 5.72. The fraction of sp³-hybridized carbons (Fsp3) is 0.200. The molecule has 0 spiro atoms. The number of fused-ring (bicyclic) bond motifs is 3. The van der Waals surface area contributed by atoms with Crippen LogP contribution in [0, 0.1) is 0 Å². The lowest BCUT2D eigenvalue weighted by molar-refractivity contribution is 0.279. The molecular formula is C25H24N2. The Hall–Kier alpha value is -2.84. The summed E-state index contributed by atoms with van der Waals surface area (Å²) in [5, 5.41) is 1.40. The third-order valence-corrected chi connectivity index (χ3v) is 5.72. The standard InChI is InChI=1S/C25H24N2/c1-3-8-19(9-4-1)18-27-16-14-22-23-13-7-12-21(20-10-5-2-6-11-20)25(23)26-24(22)15-17-27/h1-13,26H,14-18H2. The van der Waals surface area contributed by atoms with Gasteiger partial charge in [-0.3, -0.25) is 4.90 Å². The first-order valence-corrected chi connectivity index (χ1v) is 9.82. The molecule has 0 aliphatic carbocycles. The molecule has 134 valence electrons. The van der Waals surface area contributed by atoms with Crippen molar-refractivity contribution in [1.29, 1.82) is 0 Å². The molecular weight excluding hydrogens is 328 g/mol. The molecule has 0 saturated heterocycles. The van der Waals surface area contributed by atoms with Gasteiger partial charge in [-0.05, 0) is 23.1 Å². The minimum absolute atomic E-state index is 1.04. The van der Waals surface area contributed by atoms with E-state index in [9.17, 15) is 0 Å². The molecule has 1 N–H and O–H groups in total. The van der Waals surface area contributed by atoms with Gasteiger partial charge in [-0.1, -0.05) is 78.9 Å². The summed E-state index contributed by atoms with van der Waals surface area (Å²) in [6.45, 7) is 3.26. The van der Waals surface area contributed by atoms with E-state index in [1.807, 2.05) is 0 Å². The van der Waals surface area contributed by atoms with E-state index in [0.717, 1.165) is 32.5 Å². The number of hydrogen-bond acceptors (Lipinski definition) is 1. The maximum atomic E-state index is 3.78. The Labute approximate surface area is 160 Å². The first kappa shape index (κ1) is 16.3. The van der Waals surface area contributed by atoms with Crippen LogP contribution >= 0.6 is 0 Å². The summed E-state index contributed by atoms with van der Waals surface area (Å²) >= 11 is 0. The summed E-state index contributed by atoms with van der Waals surface area (Å²) in [5.74, 6) is 0. The van der Waals surface area contributed by atoms with E-state index in [2.05, 4.69) is 88.7 Å². The number of aromatic amines is 1. The van der Waals surface area contributed by atoms with Crippen molar-refractivity contribution in [1.82, 2.24) is 9.88 Å². The van der Waals surface area contributed by atoms with Crippen molar-refractivity contribution in [2.75, 3.05) is 13.1 Å². The normalized spacial score (nSPS) is 14.8. The Morgan fingerprint density at radius 2 is 1.48 bits per heavy atom. The third kappa shape index (κ3) is 3.17. The minimum Gasteiger partial charge on any atom is -0.358 e. The fourth-order valence-corrected chi connectivity index (χ4v) is 4.34. The second kappa shape index (κ2) is 7.05. The number of nitrogens with zero attached hydrogens (tertiary/aromatic N) is 1. The molecule has 0 amide bonds. The molecule has 0 atom stereocenters. The van der Waals surface area contributed by atoms with E-state index in [1.54, 1.807) is 0 Å². The number of hydrogen-bond donors (Lipinski definition) is 1. The van der Waals surface area contributed by atoms with Gasteiger partial charge >= 0.3 is 0 Å². The van der Waals surface area contributed by atoms with Crippen LogP contribution in [0.1, 0.15) is 16.8 Å². The maximum Gasteiger partial charge on any atom is 0.0538 e. The van der Waals surface area contributed by atoms with Crippen LogP contribution in [0.4, 0.5) is 0 Å². The molecule has 0 bridgehead atoms. The van der Waals surface area contributed by atoms with Gasteiger partial charge in [0.05, 0.1) is 5.52 Å². The van der Waals surface area contributed by atoms with Crippen molar-refractivity contribution in [2.45, 2.75) is 19.4 Å². The van der Waals surface area contributed by atoms with Crippen molar-refractivity contribution in [3.8, 4) is 11.1 Å². The van der Waals surface area contributed by atoms with E-state index in [0.29, 0.717) is 0 Å². The molecule has 1 aromatic heterocycles. The number of benzene rings is 3. The quantitative estimate of drug-likeness (QED) is 0.520. The number of nitrogens with one attached hydrogen (secondary N) is 1. The molecule has 1 aliphatic rings. The van der Waals surface area contributed by atoms with E-state index >= 15 is 0 Å². The molecule has 0 saturated carbocycles. The average molecular weight is 352 g/mol. The first-order valence-electron chi connectivity index (χ1n) is 9.82. The zero-order valence-electron chi connectivity index (χ0n) is 15.5. The van der Waals surface area contributed by atoms with Crippen LogP contribution in [0.5, 0.6) is 0 Å². The highest BCUT2D eigenvalue weighted by atomic mass is 15.1. The highest BCUT2D eigenvalue weighted by Gasteiger charge is 2.19. The number of H-pyrrole nitrogens is 1. The molecule has 2 nitrogen and oxygen atoms in total. The van der Waals surface area contributed by atoms with E-state index in [-0.39, 0.29) is 0 Å². The highest BCUT2D eigenvalue weighted by molar-refractivity contribution is 5.97. The van der Waals surface area contributed by atoms with Gasteiger partial charge in [-0.2, -0.15) is 0 Å². The van der Waals surface area contributed by atoms with Gasteiger partial charge in [-0.15, -0.1) is 0 Å². The molecule has 5 rings (SSSR count). The van der Waals surface area contributed by atoms with E-state index in [4.69, 9.17) is 0 Å². The van der Waals surface area contributed by atoms with Crippen LogP contribution < -0.4 is 0 Å². The van der Waals surface area contributed by atoms with Gasteiger partial charge in [0, 0.05) is 42.7 Å². The van der Waals surface area contributed by atoms with Crippen LogP contribution in [0.15, 0.2) is 78.9 Å². The Morgan fingerprint density at radius 1 is 0.741 bits per heavy atom. The predicted octanol–water partition coefficient (Wildman–Crippen LogP) is 5.44. The summed E-state index contributed by atoms with van der Waals surface area (Å²) in [6.07, 6.45) is 2.20. The summed E-state index contributed by atoms with van der Waals surface area (Å²) in [7, 11) is 0. The van der Waals surface area contributed by atoms with Gasteiger partial charge in [0.2, 0.25) is 0 Å². The SMILES string of the molecule is c1ccc(CN2CCc3[nH]c4c(-c5ccccc5)cccc4c3CC2)cc1. The van der Waals surface area contributed by atoms with Crippen LogP contribution in [0.2, 0.25) is 0 Å². The predicted molar refractivity (Wildman–Crippen MR) is 113 cm³/mol. The second-order valence-electron chi connectivity index (χ2n) is 7.44. The number of rotatable bonds is 3. The van der Waals surface area contributed by atoms with Crippen molar-refractivity contribution < 1.29 is 0 Å². The van der Waals surface area contributed by atoms with Gasteiger partial charge in [-0.25, -0.2) is 0 Å². The molecule has 1 aliphatic heterocycles. The van der Waals surface area contributed by atoms with Crippen LogP contribution in [-0.4, -0.2) is 23.0 Å². The minimum atomic E-state index is 1.04. The lowest BCUT2D eigenvalue weighted by Gasteiger charge is -2.19. The Morgan fingerprint density at radius 3 is 2.30 bits per heavy atom. The van der Waals surface area contributed by atoms with Crippen molar-refractivity contribution >= 4 is 10.9 Å². The molecule has 2 heteroatoms. The fourth-order valence-electron chi connectivity index (χ4n) is 4.34. The van der Waals surface area contributed by atoms with Crippen molar-refractivity contribution in [3.63, 3.8) is 0 Å². The molecule has 4 aromatic rings. The average Bonchev–Trinajstić information content (AvgIpc) is 2.97. The summed E-state index contributed by atoms with van der Waals surface area (Å²) < 4.78 is 0. The molecule has 2 heterocycles. The van der Waals surface area contributed by atoms with Crippen LogP contribution in [-0.2, 0) is 19.4 Å². The Kier molecular flexibility index (Phi) is 4.27. The van der Waals surface area contributed by atoms with Crippen molar-refractivity contribution in [2.24, 2.45) is 0 Å². The Balaban J connectivity index is 1.45. The van der Waals surface area contributed by atoms with Gasteiger partial charge in [0.15, 0.2) is 0 Å². The zero-order valence-corrected chi connectivity index (χ0v) is 15.5. The van der Waals surface area contributed by atoms with E-state index in [1.165, 1.54) is 38.9 Å². The van der Waals surface area contributed by atoms with Crippen molar-refractivity contribution in [3.05, 3.63) is 95.7 Å². The van der Waals surface area contributed by atoms with Gasteiger partial charge in [0.25, 0.3) is 0 Å². The molecule has 3 aromatic carbocycles. The number of para-hydroxylation sites is 1. The summed E-state index contributed by atoms with van der Waals surface area (Å²) in [4.78, 5) is 6.36. The summed E-state index contributed by atoms with van der Waals surface area (Å²) in [5.41, 5.74) is 8.22. The van der Waals surface area contributed by atoms with Gasteiger partial charge < -0.3 is 4.98 Å². The smallest absolute Gasteiger partial charge is 0.0538 e. The molecule has 0 unspecified atom stereocenters. The molecule has 0 radical (unpaired) electrons. The second-order valence-corrected chi connectivity index (χ2v) is 7.44. The highest BCUT2D eigenvalue weighted by Crippen LogP contribution is 2.33. The first-order chi connectivity index (χ1) is 13.4. The van der Waals surface area contributed by atoms with Crippen LogP contribution in [0.25, 0.3) is 22.0 Å². The summed E-state index contributed by atoms with van der Waals surface area (Å²) in [6, 6.07) is 28.2. The lowest BCUT2D eigenvalue weighted by Crippen LogP contribution is -2.26. The molecule has 0 fully saturated rings. The van der Waals surface area contributed by atoms with E-state index < -0.39 is 0 Å². The largest absolute Gasteiger partial charge is 0.358 e. The molecule has 27 heavy (non-hydrogen) atoms. The maximum absolute atomic E-state index is 3.78. The Bertz CT molecular complexity index is 1050. The monoisotopic (exact) mass is 352 g/mol. The topological polar surface area (TPSA) is 19.0 Å². The van der Waals surface area contributed by atoms with Crippen LogP contribution in [0.3, 0.4) is 0 Å².